The van der Waals surface area contributed by atoms with Gasteiger partial charge in [-0.2, -0.15) is 5.10 Å². The number of aromatic hydroxyl groups is 1. The number of hydrazone groups is 1. The van der Waals surface area contributed by atoms with Crippen molar-refractivity contribution in [3.8, 4) is 17.0 Å². The normalized spacial score (nSPS) is 11.0. The van der Waals surface area contributed by atoms with E-state index in [-0.39, 0.29) is 5.56 Å². The van der Waals surface area contributed by atoms with Gasteiger partial charge in [-0.15, -0.1) is 11.3 Å². The molecule has 4 nitrogen and oxygen atoms in total. The molecule has 0 unspecified atom stereocenters. The van der Waals surface area contributed by atoms with Gasteiger partial charge >= 0.3 is 0 Å². The summed E-state index contributed by atoms with van der Waals surface area (Å²) in [5.41, 5.74) is 4.06. The first-order valence-electron chi connectivity index (χ1n) is 6.62. The van der Waals surface area contributed by atoms with Gasteiger partial charge < -0.3 is 5.11 Å². The average Bonchev–Trinajstić information content (AvgIpc) is 3.04. The number of phenolic OH excluding ortho intramolecular Hbond substituents is 1. The molecule has 0 bridgehead atoms. The maximum atomic E-state index is 13.5. The molecule has 3 rings (SSSR count). The van der Waals surface area contributed by atoms with E-state index in [4.69, 9.17) is 0 Å². The Morgan fingerprint density at radius 1 is 1.13 bits per heavy atom. The van der Waals surface area contributed by atoms with Crippen molar-refractivity contribution in [2.45, 2.75) is 0 Å². The summed E-state index contributed by atoms with van der Waals surface area (Å²) in [4.78, 5) is 4.34. The van der Waals surface area contributed by atoms with Crippen LogP contribution in [0, 0.1) is 11.6 Å². The van der Waals surface area contributed by atoms with Gasteiger partial charge in [0, 0.05) is 10.9 Å². The number of phenols is 1. The number of thiazole rings is 1. The SMILES string of the molecule is Oc1ccc(F)c(F)c1C=NNc1nc(-c2ccccc2)cs1. The monoisotopic (exact) mass is 331 g/mol. The van der Waals surface area contributed by atoms with E-state index in [0.717, 1.165) is 29.6 Å². The molecule has 2 aromatic carbocycles. The van der Waals surface area contributed by atoms with Crippen molar-refractivity contribution in [2.75, 3.05) is 5.43 Å². The average molecular weight is 331 g/mol. The van der Waals surface area contributed by atoms with Crippen LogP contribution in [0.4, 0.5) is 13.9 Å². The summed E-state index contributed by atoms with van der Waals surface area (Å²) in [6.07, 6.45) is 1.01. The molecule has 0 atom stereocenters. The van der Waals surface area contributed by atoms with Gasteiger partial charge in [0.2, 0.25) is 5.13 Å². The smallest absolute Gasteiger partial charge is 0.203 e. The number of benzene rings is 2. The van der Waals surface area contributed by atoms with Gasteiger partial charge in [-0.05, 0) is 12.1 Å². The highest BCUT2D eigenvalue weighted by molar-refractivity contribution is 7.14. The standard InChI is InChI=1S/C16H11F2N3OS/c17-12-6-7-14(22)11(15(12)18)8-19-21-16-20-13(9-23-16)10-4-2-1-3-5-10/h1-9,22H,(H,20,21). The molecule has 23 heavy (non-hydrogen) atoms. The Hall–Kier alpha value is -2.80. The second kappa shape index (κ2) is 6.53. The van der Waals surface area contributed by atoms with E-state index in [1.807, 2.05) is 35.7 Å². The Kier molecular flexibility index (Phi) is 4.29. The van der Waals surface area contributed by atoms with Crippen molar-refractivity contribution in [2.24, 2.45) is 5.10 Å². The van der Waals surface area contributed by atoms with E-state index < -0.39 is 17.4 Å². The van der Waals surface area contributed by atoms with Crippen LogP contribution in [0.15, 0.2) is 52.9 Å². The van der Waals surface area contributed by atoms with Gasteiger partial charge in [0.1, 0.15) is 5.75 Å². The number of rotatable bonds is 4. The van der Waals surface area contributed by atoms with Crippen LogP contribution in [0.25, 0.3) is 11.3 Å². The van der Waals surface area contributed by atoms with Crippen molar-refractivity contribution < 1.29 is 13.9 Å². The zero-order chi connectivity index (χ0) is 16.2. The molecule has 0 aliphatic rings. The van der Waals surface area contributed by atoms with Crippen LogP contribution in [0.5, 0.6) is 5.75 Å². The lowest BCUT2D eigenvalue weighted by atomic mass is 10.2. The molecule has 1 aromatic heterocycles. The molecular weight excluding hydrogens is 320 g/mol. The Balaban J connectivity index is 1.75. The highest BCUT2D eigenvalue weighted by atomic mass is 32.1. The first-order valence-corrected chi connectivity index (χ1v) is 7.50. The molecular formula is C16H11F2N3OS. The fourth-order valence-corrected chi connectivity index (χ4v) is 2.57. The third-order valence-electron chi connectivity index (χ3n) is 3.04. The third-order valence-corrected chi connectivity index (χ3v) is 3.78. The largest absolute Gasteiger partial charge is 0.507 e. The molecule has 3 aromatic rings. The Morgan fingerprint density at radius 3 is 2.70 bits per heavy atom. The van der Waals surface area contributed by atoms with Crippen LogP contribution in [0.1, 0.15) is 5.56 Å². The van der Waals surface area contributed by atoms with Gasteiger partial charge in [-0.25, -0.2) is 13.8 Å². The van der Waals surface area contributed by atoms with Crippen molar-refractivity contribution in [1.29, 1.82) is 0 Å². The predicted molar refractivity (Wildman–Crippen MR) is 86.8 cm³/mol. The summed E-state index contributed by atoms with van der Waals surface area (Å²) in [5, 5.41) is 15.7. The predicted octanol–water partition coefficient (Wildman–Crippen LogP) is 4.24. The summed E-state index contributed by atoms with van der Waals surface area (Å²) < 4.78 is 26.7. The zero-order valence-corrected chi connectivity index (χ0v) is 12.5. The Labute approximate surface area is 134 Å². The highest BCUT2D eigenvalue weighted by Gasteiger charge is 2.11. The minimum absolute atomic E-state index is 0.322. The second-order valence-corrected chi connectivity index (χ2v) is 5.43. The fraction of sp³-hybridized carbons (Fsp3) is 0. The summed E-state index contributed by atoms with van der Waals surface area (Å²) >= 11 is 1.32. The molecule has 116 valence electrons. The van der Waals surface area contributed by atoms with Crippen molar-refractivity contribution in [3.05, 3.63) is 65.0 Å². The molecule has 0 saturated carbocycles. The summed E-state index contributed by atoms with van der Waals surface area (Å²) in [5.74, 6) is -2.59. The number of aromatic nitrogens is 1. The number of hydrogen-bond acceptors (Lipinski definition) is 5. The van der Waals surface area contributed by atoms with Crippen LogP contribution in [0.2, 0.25) is 0 Å². The first kappa shape index (κ1) is 15.1. The van der Waals surface area contributed by atoms with E-state index in [9.17, 15) is 13.9 Å². The van der Waals surface area contributed by atoms with Crippen LogP contribution >= 0.6 is 11.3 Å². The minimum Gasteiger partial charge on any atom is -0.507 e. The van der Waals surface area contributed by atoms with Crippen LogP contribution < -0.4 is 5.43 Å². The van der Waals surface area contributed by atoms with Gasteiger partial charge in [0.15, 0.2) is 11.6 Å². The van der Waals surface area contributed by atoms with E-state index in [1.54, 1.807) is 0 Å². The van der Waals surface area contributed by atoms with E-state index in [0.29, 0.717) is 5.13 Å². The minimum atomic E-state index is -1.15. The number of nitrogens with zero attached hydrogens (tertiary/aromatic N) is 2. The van der Waals surface area contributed by atoms with Gasteiger partial charge in [-0.3, -0.25) is 5.43 Å². The molecule has 0 aliphatic carbocycles. The van der Waals surface area contributed by atoms with Gasteiger partial charge in [0.25, 0.3) is 0 Å². The molecule has 2 N–H and O–H groups in total. The van der Waals surface area contributed by atoms with Gasteiger partial charge in [-0.1, -0.05) is 30.3 Å². The number of anilines is 1. The van der Waals surface area contributed by atoms with Crippen LogP contribution in [0.3, 0.4) is 0 Å². The quantitative estimate of drug-likeness (QED) is 0.555. The molecule has 0 saturated heterocycles. The number of hydrogen-bond donors (Lipinski definition) is 2. The van der Waals surface area contributed by atoms with Crippen molar-refractivity contribution in [3.63, 3.8) is 0 Å². The van der Waals surface area contributed by atoms with E-state index in [2.05, 4.69) is 15.5 Å². The third kappa shape index (κ3) is 3.35. The van der Waals surface area contributed by atoms with E-state index in [1.165, 1.54) is 11.3 Å². The van der Waals surface area contributed by atoms with Gasteiger partial charge in [0.05, 0.1) is 17.5 Å². The second-order valence-electron chi connectivity index (χ2n) is 4.57. The van der Waals surface area contributed by atoms with Crippen LogP contribution in [-0.4, -0.2) is 16.3 Å². The van der Waals surface area contributed by atoms with Crippen LogP contribution in [-0.2, 0) is 0 Å². The molecule has 0 aliphatic heterocycles. The molecule has 7 heteroatoms. The first-order chi connectivity index (χ1) is 11.1. The zero-order valence-electron chi connectivity index (χ0n) is 11.7. The maximum absolute atomic E-state index is 13.5. The number of halogens is 2. The van der Waals surface area contributed by atoms with Crippen molar-refractivity contribution >= 4 is 22.7 Å². The fourth-order valence-electron chi connectivity index (χ4n) is 1.90. The Morgan fingerprint density at radius 2 is 1.91 bits per heavy atom. The maximum Gasteiger partial charge on any atom is 0.203 e. The molecule has 0 radical (unpaired) electrons. The lowest BCUT2D eigenvalue weighted by Gasteiger charge is -2.01. The summed E-state index contributed by atoms with van der Waals surface area (Å²) in [6, 6.07) is 11.5. The van der Waals surface area contributed by atoms with E-state index >= 15 is 0 Å². The lowest BCUT2D eigenvalue weighted by Crippen LogP contribution is -1.96. The Bertz CT molecular complexity index is 850. The molecule has 0 amide bonds. The highest BCUT2D eigenvalue weighted by Crippen LogP contribution is 2.25. The summed E-state index contributed by atoms with van der Waals surface area (Å²) in [7, 11) is 0. The molecule has 0 spiro atoms. The topological polar surface area (TPSA) is 57.5 Å². The molecule has 0 fully saturated rings. The lowest BCUT2D eigenvalue weighted by molar-refractivity contribution is 0.453. The molecule has 1 heterocycles. The number of nitrogens with one attached hydrogen (secondary N) is 1. The van der Waals surface area contributed by atoms with Crippen molar-refractivity contribution in [1.82, 2.24) is 4.98 Å². The summed E-state index contributed by atoms with van der Waals surface area (Å²) in [6.45, 7) is 0.